The van der Waals surface area contributed by atoms with E-state index in [1.165, 1.54) is 12.1 Å². The van der Waals surface area contributed by atoms with Crippen molar-refractivity contribution in [3.8, 4) is 0 Å². The molecule has 1 aliphatic rings. The summed E-state index contributed by atoms with van der Waals surface area (Å²) < 4.78 is 26.5. The summed E-state index contributed by atoms with van der Waals surface area (Å²) in [7, 11) is 0. The Bertz CT molecular complexity index is 428. The Labute approximate surface area is 101 Å². The highest BCUT2D eigenvalue weighted by atomic mass is 19.1. The molecule has 0 spiro atoms. The Kier molecular flexibility index (Phi) is 2.77. The lowest BCUT2D eigenvalue weighted by molar-refractivity contribution is 0.0467. The Morgan fingerprint density at radius 1 is 1.24 bits per heavy atom. The minimum absolute atomic E-state index is 0.194. The molecule has 0 amide bonds. The van der Waals surface area contributed by atoms with Crippen LogP contribution in [0.5, 0.6) is 0 Å². The van der Waals surface area contributed by atoms with Gasteiger partial charge in [-0.1, -0.05) is 26.8 Å². The summed E-state index contributed by atoms with van der Waals surface area (Å²) >= 11 is 0. The molecule has 2 N–H and O–H groups in total. The third kappa shape index (κ3) is 2.21. The zero-order valence-electron chi connectivity index (χ0n) is 10.6. The van der Waals surface area contributed by atoms with Crippen molar-refractivity contribution in [2.75, 3.05) is 0 Å². The highest BCUT2D eigenvalue weighted by molar-refractivity contribution is 5.29. The van der Waals surface area contributed by atoms with E-state index in [0.717, 1.165) is 18.9 Å². The lowest BCUT2D eigenvalue weighted by Crippen LogP contribution is -2.53. The standard InChI is InChI=1S/C14H19F2N/c1-13(2,3)9-7-14(17,8-9)11-5-4-10(15)6-12(11)16/h4-6,9H,7-8,17H2,1-3H3. The van der Waals surface area contributed by atoms with Crippen LogP contribution in [0, 0.1) is 23.0 Å². The van der Waals surface area contributed by atoms with Crippen molar-refractivity contribution in [2.45, 2.75) is 39.2 Å². The molecule has 94 valence electrons. The molecule has 17 heavy (non-hydrogen) atoms. The van der Waals surface area contributed by atoms with Gasteiger partial charge in [0.05, 0.1) is 0 Å². The zero-order chi connectivity index (χ0) is 12.8. The SMILES string of the molecule is CC(C)(C)C1CC(N)(c2ccc(F)cc2F)C1. The maximum absolute atomic E-state index is 13.7. The van der Waals surface area contributed by atoms with E-state index in [0.29, 0.717) is 11.5 Å². The topological polar surface area (TPSA) is 26.0 Å². The highest BCUT2D eigenvalue weighted by Crippen LogP contribution is 2.51. The van der Waals surface area contributed by atoms with Gasteiger partial charge in [0.2, 0.25) is 0 Å². The Morgan fingerprint density at radius 2 is 1.82 bits per heavy atom. The van der Waals surface area contributed by atoms with Crippen molar-refractivity contribution in [3.05, 3.63) is 35.4 Å². The Hall–Kier alpha value is -0.960. The van der Waals surface area contributed by atoms with E-state index in [4.69, 9.17) is 5.73 Å². The molecule has 0 atom stereocenters. The molecule has 3 heteroatoms. The zero-order valence-corrected chi connectivity index (χ0v) is 10.6. The van der Waals surface area contributed by atoms with Crippen LogP contribution in [-0.4, -0.2) is 0 Å². The molecule has 1 aromatic rings. The summed E-state index contributed by atoms with van der Waals surface area (Å²) in [6, 6.07) is 3.66. The van der Waals surface area contributed by atoms with Crippen molar-refractivity contribution >= 4 is 0 Å². The second-order valence-electron chi connectivity index (χ2n) is 6.25. The molecule has 0 saturated heterocycles. The number of benzene rings is 1. The quantitative estimate of drug-likeness (QED) is 0.796. The van der Waals surface area contributed by atoms with Gasteiger partial charge in [-0.25, -0.2) is 8.78 Å². The van der Waals surface area contributed by atoms with Crippen molar-refractivity contribution in [1.82, 2.24) is 0 Å². The highest BCUT2D eigenvalue weighted by Gasteiger charge is 2.47. The lowest BCUT2D eigenvalue weighted by Gasteiger charge is -2.51. The monoisotopic (exact) mass is 239 g/mol. The molecule has 1 saturated carbocycles. The first kappa shape index (κ1) is 12.5. The van der Waals surface area contributed by atoms with E-state index in [1.54, 1.807) is 0 Å². The summed E-state index contributed by atoms with van der Waals surface area (Å²) in [5, 5.41) is 0. The van der Waals surface area contributed by atoms with Crippen LogP contribution in [0.25, 0.3) is 0 Å². The van der Waals surface area contributed by atoms with Gasteiger partial charge < -0.3 is 5.73 Å². The fourth-order valence-electron chi connectivity index (χ4n) is 2.55. The van der Waals surface area contributed by atoms with Crippen LogP contribution in [0.1, 0.15) is 39.2 Å². The van der Waals surface area contributed by atoms with Gasteiger partial charge in [-0.2, -0.15) is 0 Å². The van der Waals surface area contributed by atoms with Crippen molar-refractivity contribution in [2.24, 2.45) is 17.1 Å². The Balaban J connectivity index is 2.20. The van der Waals surface area contributed by atoms with E-state index in [2.05, 4.69) is 20.8 Å². The minimum Gasteiger partial charge on any atom is -0.321 e. The number of hydrogen-bond donors (Lipinski definition) is 1. The van der Waals surface area contributed by atoms with Gasteiger partial charge in [-0.3, -0.25) is 0 Å². The van der Waals surface area contributed by atoms with Crippen LogP contribution in [0.15, 0.2) is 18.2 Å². The van der Waals surface area contributed by atoms with E-state index in [-0.39, 0.29) is 5.41 Å². The van der Waals surface area contributed by atoms with Crippen molar-refractivity contribution < 1.29 is 8.78 Å². The van der Waals surface area contributed by atoms with Crippen molar-refractivity contribution in [1.29, 1.82) is 0 Å². The number of hydrogen-bond acceptors (Lipinski definition) is 1. The first-order valence-electron chi connectivity index (χ1n) is 5.97. The second-order valence-corrected chi connectivity index (χ2v) is 6.25. The molecule has 1 aliphatic carbocycles. The normalized spacial score (nSPS) is 28.9. The van der Waals surface area contributed by atoms with E-state index in [1.807, 2.05) is 0 Å². The summed E-state index contributed by atoms with van der Waals surface area (Å²) in [4.78, 5) is 0. The number of nitrogens with two attached hydrogens (primary N) is 1. The van der Waals surface area contributed by atoms with E-state index < -0.39 is 17.2 Å². The first-order chi connectivity index (χ1) is 7.72. The maximum atomic E-state index is 13.7. The molecule has 1 fully saturated rings. The van der Waals surface area contributed by atoms with Gasteiger partial charge in [0.1, 0.15) is 11.6 Å². The lowest BCUT2D eigenvalue weighted by atomic mass is 9.57. The number of rotatable bonds is 1. The predicted molar refractivity (Wildman–Crippen MR) is 64.4 cm³/mol. The Morgan fingerprint density at radius 3 is 2.29 bits per heavy atom. The minimum atomic E-state index is -0.615. The molecule has 0 aliphatic heterocycles. The molecule has 0 radical (unpaired) electrons. The van der Waals surface area contributed by atoms with Gasteiger partial charge >= 0.3 is 0 Å². The van der Waals surface area contributed by atoms with Crippen LogP contribution in [0.3, 0.4) is 0 Å². The van der Waals surface area contributed by atoms with Crippen LogP contribution >= 0.6 is 0 Å². The van der Waals surface area contributed by atoms with Crippen LogP contribution in [0.2, 0.25) is 0 Å². The largest absolute Gasteiger partial charge is 0.321 e. The molecule has 0 bridgehead atoms. The average Bonchev–Trinajstić information content (AvgIpc) is 2.11. The molecule has 0 heterocycles. The molecule has 1 nitrogen and oxygen atoms in total. The van der Waals surface area contributed by atoms with Crippen LogP contribution < -0.4 is 5.73 Å². The molecule has 1 aromatic carbocycles. The van der Waals surface area contributed by atoms with E-state index in [9.17, 15) is 8.78 Å². The van der Waals surface area contributed by atoms with Crippen LogP contribution in [-0.2, 0) is 5.54 Å². The summed E-state index contributed by atoms with van der Waals surface area (Å²) in [6.45, 7) is 6.49. The van der Waals surface area contributed by atoms with Gasteiger partial charge in [0.15, 0.2) is 0 Å². The summed E-state index contributed by atoms with van der Waals surface area (Å²) in [5.41, 5.74) is 6.22. The maximum Gasteiger partial charge on any atom is 0.131 e. The number of halogens is 2. The molecule has 0 unspecified atom stereocenters. The van der Waals surface area contributed by atoms with Crippen molar-refractivity contribution in [3.63, 3.8) is 0 Å². The van der Waals surface area contributed by atoms with Gasteiger partial charge in [0, 0.05) is 17.2 Å². The van der Waals surface area contributed by atoms with Crippen LogP contribution in [0.4, 0.5) is 8.78 Å². The smallest absolute Gasteiger partial charge is 0.131 e. The molecule has 2 rings (SSSR count). The molecule has 0 aromatic heterocycles. The first-order valence-corrected chi connectivity index (χ1v) is 5.97. The molecular formula is C14H19F2N. The summed E-state index contributed by atoms with van der Waals surface area (Å²) in [5.74, 6) is -0.585. The third-order valence-corrected chi connectivity index (χ3v) is 3.91. The second kappa shape index (κ2) is 3.77. The van der Waals surface area contributed by atoms with Gasteiger partial charge in [-0.05, 0) is 30.2 Å². The molecular weight excluding hydrogens is 220 g/mol. The van der Waals surface area contributed by atoms with E-state index >= 15 is 0 Å². The predicted octanol–water partition coefficient (Wildman–Crippen LogP) is 3.57. The fourth-order valence-corrected chi connectivity index (χ4v) is 2.55. The average molecular weight is 239 g/mol. The van der Waals surface area contributed by atoms with Gasteiger partial charge in [0.25, 0.3) is 0 Å². The third-order valence-electron chi connectivity index (χ3n) is 3.91. The van der Waals surface area contributed by atoms with Gasteiger partial charge in [-0.15, -0.1) is 0 Å². The fraction of sp³-hybridized carbons (Fsp3) is 0.571. The summed E-state index contributed by atoms with van der Waals surface area (Å²) in [6.07, 6.45) is 1.53.